The van der Waals surface area contributed by atoms with Gasteiger partial charge in [0.2, 0.25) is 0 Å². The predicted molar refractivity (Wildman–Crippen MR) is 95.4 cm³/mol. The van der Waals surface area contributed by atoms with E-state index in [1.807, 2.05) is 6.07 Å². The molecule has 118 valence electrons. The molecule has 0 unspecified atom stereocenters. The van der Waals surface area contributed by atoms with Gasteiger partial charge in [-0.1, -0.05) is 61.9 Å². The molecule has 2 aromatic carbocycles. The van der Waals surface area contributed by atoms with Gasteiger partial charge in [0.15, 0.2) is 0 Å². The summed E-state index contributed by atoms with van der Waals surface area (Å²) in [6, 6.07) is 22.0. The molecule has 0 amide bonds. The van der Waals surface area contributed by atoms with E-state index >= 15 is 0 Å². The molecule has 0 aliphatic carbocycles. The molecule has 2 heteroatoms. The van der Waals surface area contributed by atoms with Gasteiger partial charge >= 0.3 is 0 Å². The van der Waals surface area contributed by atoms with Crippen molar-refractivity contribution in [1.82, 2.24) is 0 Å². The highest BCUT2D eigenvalue weighted by atomic mass is 15.2. The summed E-state index contributed by atoms with van der Waals surface area (Å²) < 4.78 is 0. The number of anilines is 1. The largest absolute Gasteiger partial charge is 0.346 e. The Morgan fingerprint density at radius 2 is 1.83 bits per heavy atom. The molecular weight excluding hydrogens is 280 g/mol. The lowest BCUT2D eigenvalue weighted by Crippen LogP contribution is -2.52. The van der Waals surface area contributed by atoms with Crippen molar-refractivity contribution in [2.24, 2.45) is 0 Å². The molecule has 2 aromatic rings. The summed E-state index contributed by atoms with van der Waals surface area (Å²) in [6.45, 7) is 4.39. The predicted octanol–water partition coefficient (Wildman–Crippen LogP) is 5.26. The van der Waals surface area contributed by atoms with Gasteiger partial charge in [-0.15, -0.1) is 0 Å². The molecule has 2 nitrogen and oxygen atoms in total. The van der Waals surface area contributed by atoms with E-state index in [-0.39, 0.29) is 6.04 Å². The van der Waals surface area contributed by atoms with Crippen molar-refractivity contribution in [3.8, 4) is 6.07 Å². The summed E-state index contributed by atoms with van der Waals surface area (Å²) in [5.41, 5.74) is 3.44. The van der Waals surface area contributed by atoms with Crippen LogP contribution in [-0.2, 0) is 6.42 Å². The van der Waals surface area contributed by atoms with E-state index in [2.05, 4.69) is 73.3 Å². The Balaban J connectivity index is 2.12. The Labute approximate surface area is 139 Å². The van der Waals surface area contributed by atoms with Crippen LogP contribution in [0.2, 0.25) is 0 Å². The van der Waals surface area contributed by atoms with Gasteiger partial charge in [-0.3, -0.25) is 0 Å². The molecule has 0 radical (unpaired) electrons. The minimum Gasteiger partial charge on any atom is -0.346 e. The van der Waals surface area contributed by atoms with Crippen LogP contribution in [0.3, 0.4) is 0 Å². The summed E-state index contributed by atoms with van der Waals surface area (Å²) >= 11 is 0. The SMILES string of the molecule is CCC[C@]1(C#N)CCc2ccccc2N1[C@H](C)c1ccccc1. The third kappa shape index (κ3) is 2.72. The summed E-state index contributed by atoms with van der Waals surface area (Å²) in [4.78, 5) is 2.38. The van der Waals surface area contributed by atoms with Crippen molar-refractivity contribution in [3.63, 3.8) is 0 Å². The molecule has 3 rings (SSSR count). The molecule has 1 aliphatic heterocycles. The first kappa shape index (κ1) is 15.6. The Kier molecular flexibility index (Phi) is 4.39. The number of para-hydroxylation sites is 1. The zero-order valence-electron chi connectivity index (χ0n) is 14.0. The van der Waals surface area contributed by atoms with Crippen molar-refractivity contribution >= 4 is 5.69 Å². The number of fused-ring (bicyclic) bond motifs is 1. The molecule has 1 heterocycles. The first-order valence-corrected chi connectivity index (χ1v) is 8.55. The number of aryl methyl sites for hydroxylation is 1. The first-order chi connectivity index (χ1) is 11.2. The summed E-state index contributed by atoms with van der Waals surface area (Å²) in [6.07, 6.45) is 3.83. The Morgan fingerprint density at radius 1 is 1.13 bits per heavy atom. The summed E-state index contributed by atoms with van der Waals surface area (Å²) in [5.74, 6) is 0. The van der Waals surface area contributed by atoms with Crippen LogP contribution in [-0.4, -0.2) is 5.54 Å². The number of hydrogen-bond acceptors (Lipinski definition) is 2. The Morgan fingerprint density at radius 3 is 2.52 bits per heavy atom. The zero-order chi connectivity index (χ0) is 16.3. The van der Waals surface area contributed by atoms with Crippen molar-refractivity contribution in [1.29, 1.82) is 5.26 Å². The maximum absolute atomic E-state index is 10.1. The monoisotopic (exact) mass is 304 g/mol. The fourth-order valence-electron chi connectivity index (χ4n) is 3.93. The highest BCUT2D eigenvalue weighted by Gasteiger charge is 2.42. The number of hydrogen-bond donors (Lipinski definition) is 0. The van der Waals surface area contributed by atoms with Crippen LogP contribution in [0.5, 0.6) is 0 Å². The summed E-state index contributed by atoms with van der Waals surface area (Å²) in [5, 5.41) is 10.1. The molecule has 1 aliphatic rings. The molecule has 2 atom stereocenters. The first-order valence-electron chi connectivity index (χ1n) is 8.55. The quantitative estimate of drug-likeness (QED) is 0.770. The van der Waals surface area contributed by atoms with Crippen molar-refractivity contribution in [3.05, 3.63) is 65.7 Å². The molecule has 0 spiro atoms. The van der Waals surface area contributed by atoms with Crippen LogP contribution in [0.1, 0.15) is 50.3 Å². The van der Waals surface area contributed by atoms with Gasteiger partial charge in [0, 0.05) is 5.69 Å². The standard InChI is InChI=1S/C21H24N2/c1-3-14-21(16-22)15-13-19-11-7-8-12-20(19)23(21)17(2)18-9-5-4-6-10-18/h4-12,17H,3,13-15H2,1-2H3/t17-,21-/m1/s1. The minimum atomic E-state index is -0.404. The lowest BCUT2D eigenvalue weighted by Gasteiger charge is -2.48. The van der Waals surface area contributed by atoms with Crippen molar-refractivity contribution < 1.29 is 0 Å². The van der Waals surface area contributed by atoms with Gasteiger partial charge in [0.05, 0.1) is 12.1 Å². The zero-order valence-corrected chi connectivity index (χ0v) is 14.0. The van der Waals surface area contributed by atoms with Gasteiger partial charge in [-0.2, -0.15) is 5.26 Å². The molecular formula is C21H24N2. The third-order valence-corrected chi connectivity index (χ3v) is 5.06. The normalized spacial score (nSPS) is 21.3. The number of nitrogens with zero attached hydrogens (tertiary/aromatic N) is 2. The van der Waals surface area contributed by atoms with Crippen LogP contribution < -0.4 is 4.90 Å². The number of rotatable bonds is 4. The van der Waals surface area contributed by atoms with Gasteiger partial charge in [0.25, 0.3) is 0 Å². The Hall–Kier alpha value is -2.27. The van der Waals surface area contributed by atoms with E-state index in [0.717, 1.165) is 25.7 Å². The number of nitriles is 1. The molecule has 0 fully saturated rings. The average Bonchev–Trinajstić information content (AvgIpc) is 2.62. The minimum absolute atomic E-state index is 0.184. The average molecular weight is 304 g/mol. The van der Waals surface area contributed by atoms with Crippen LogP contribution in [0, 0.1) is 11.3 Å². The maximum atomic E-state index is 10.1. The molecule has 0 bridgehead atoms. The van der Waals surface area contributed by atoms with Gasteiger partial charge in [-0.25, -0.2) is 0 Å². The van der Waals surface area contributed by atoms with E-state index in [0.29, 0.717) is 0 Å². The molecule has 23 heavy (non-hydrogen) atoms. The second kappa shape index (κ2) is 6.46. The second-order valence-corrected chi connectivity index (χ2v) is 6.48. The van der Waals surface area contributed by atoms with E-state index < -0.39 is 5.54 Å². The van der Waals surface area contributed by atoms with Gasteiger partial charge in [-0.05, 0) is 43.4 Å². The highest BCUT2D eigenvalue weighted by molar-refractivity contribution is 5.61. The topological polar surface area (TPSA) is 27.0 Å². The number of benzene rings is 2. The lowest BCUT2D eigenvalue weighted by atomic mass is 9.80. The lowest BCUT2D eigenvalue weighted by molar-refractivity contribution is 0.372. The van der Waals surface area contributed by atoms with Gasteiger partial charge in [0.1, 0.15) is 5.54 Å². The van der Waals surface area contributed by atoms with E-state index in [1.165, 1.54) is 16.8 Å². The highest BCUT2D eigenvalue weighted by Crippen LogP contribution is 2.44. The smallest absolute Gasteiger partial charge is 0.128 e. The van der Waals surface area contributed by atoms with Crippen LogP contribution in [0.4, 0.5) is 5.69 Å². The molecule has 0 aromatic heterocycles. The molecule has 0 saturated carbocycles. The Bertz CT molecular complexity index is 701. The third-order valence-electron chi connectivity index (χ3n) is 5.06. The molecule has 0 N–H and O–H groups in total. The second-order valence-electron chi connectivity index (χ2n) is 6.48. The fraction of sp³-hybridized carbons (Fsp3) is 0.381. The van der Waals surface area contributed by atoms with Crippen LogP contribution in [0.15, 0.2) is 54.6 Å². The van der Waals surface area contributed by atoms with Gasteiger partial charge < -0.3 is 4.90 Å². The fourth-order valence-corrected chi connectivity index (χ4v) is 3.93. The van der Waals surface area contributed by atoms with Crippen molar-refractivity contribution in [2.75, 3.05) is 4.90 Å². The van der Waals surface area contributed by atoms with Crippen molar-refractivity contribution in [2.45, 2.75) is 51.1 Å². The van der Waals surface area contributed by atoms with Crippen LogP contribution >= 0.6 is 0 Å². The maximum Gasteiger partial charge on any atom is 0.128 e. The van der Waals surface area contributed by atoms with E-state index in [9.17, 15) is 5.26 Å². The summed E-state index contributed by atoms with van der Waals surface area (Å²) in [7, 11) is 0. The molecule has 0 saturated heterocycles. The van der Waals surface area contributed by atoms with Crippen LogP contribution in [0.25, 0.3) is 0 Å². The van der Waals surface area contributed by atoms with E-state index in [1.54, 1.807) is 0 Å². The van der Waals surface area contributed by atoms with E-state index in [4.69, 9.17) is 0 Å².